The number of thioether (sulfide) groups is 1. The van der Waals surface area contributed by atoms with Gasteiger partial charge in [0.1, 0.15) is 5.75 Å². The van der Waals surface area contributed by atoms with Crippen LogP contribution in [0.25, 0.3) is 0 Å². The monoisotopic (exact) mass is 218 g/mol. The van der Waals surface area contributed by atoms with Crippen molar-refractivity contribution in [2.45, 2.75) is 24.2 Å². The fourth-order valence-electron chi connectivity index (χ4n) is 0.919. The summed E-state index contributed by atoms with van der Waals surface area (Å²) in [7, 11) is 0. The number of alkyl halides is 2. The number of hydrogen-bond acceptors (Lipinski definition) is 2. The Hall–Kier alpha value is -0.770. The van der Waals surface area contributed by atoms with E-state index in [0.717, 1.165) is 6.92 Å². The van der Waals surface area contributed by atoms with E-state index in [0.29, 0.717) is 10.6 Å². The van der Waals surface area contributed by atoms with Crippen LogP contribution in [0.15, 0.2) is 29.2 Å². The number of para-hydroxylation sites is 1. The van der Waals surface area contributed by atoms with Crippen LogP contribution in [0.2, 0.25) is 0 Å². The Kier molecular flexibility index (Phi) is 3.75. The molecule has 0 aliphatic carbocycles. The van der Waals surface area contributed by atoms with Gasteiger partial charge in [-0.25, -0.2) is 8.78 Å². The highest BCUT2D eigenvalue weighted by molar-refractivity contribution is 7.99. The predicted octanol–water partition coefficient (Wildman–Crippen LogP) is 3.53. The summed E-state index contributed by atoms with van der Waals surface area (Å²) in [6.45, 7) is 0.901. The lowest BCUT2D eigenvalue weighted by atomic mass is 10.3. The molecule has 78 valence electrons. The molecule has 0 aromatic heterocycles. The Labute approximate surface area is 86.1 Å². The predicted molar refractivity (Wildman–Crippen MR) is 54.1 cm³/mol. The van der Waals surface area contributed by atoms with Crippen LogP contribution >= 0.6 is 11.8 Å². The first-order chi connectivity index (χ1) is 6.49. The van der Waals surface area contributed by atoms with Crippen molar-refractivity contribution < 1.29 is 13.9 Å². The molecule has 1 aromatic rings. The molecule has 0 fully saturated rings. The van der Waals surface area contributed by atoms with Crippen LogP contribution in [-0.4, -0.2) is 16.8 Å². The Bertz CT molecular complexity index is 296. The van der Waals surface area contributed by atoms with E-state index in [1.54, 1.807) is 24.3 Å². The largest absolute Gasteiger partial charge is 0.507 e. The summed E-state index contributed by atoms with van der Waals surface area (Å²) in [5, 5.41) is 9.33. The molecule has 0 aliphatic rings. The van der Waals surface area contributed by atoms with Crippen molar-refractivity contribution >= 4 is 11.8 Å². The molecule has 0 amide bonds. The second kappa shape index (κ2) is 4.64. The number of rotatable bonds is 4. The summed E-state index contributed by atoms with van der Waals surface area (Å²) in [6.07, 6.45) is -0.175. The molecule has 1 aromatic carbocycles. The van der Waals surface area contributed by atoms with Gasteiger partial charge in [-0.15, -0.1) is 11.8 Å². The van der Waals surface area contributed by atoms with Crippen molar-refractivity contribution in [2.75, 3.05) is 5.75 Å². The summed E-state index contributed by atoms with van der Waals surface area (Å²) in [5.41, 5.74) is 0. The van der Waals surface area contributed by atoms with Gasteiger partial charge < -0.3 is 5.11 Å². The zero-order valence-electron chi connectivity index (χ0n) is 7.84. The first-order valence-electron chi connectivity index (χ1n) is 4.28. The van der Waals surface area contributed by atoms with Gasteiger partial charge in [-0.05, 0) is 19.1 Å². The number of aromatic hydroxyl groups is 1. The van der Waals surface area contributed by atoms with Gasteiger partial charge in [0, 0.05) is 17.1 Å². The van der Waals surface area contributed by atoms with E-state index in [4.69, 9.17) is 0 Å². The van der Waals surface area contributed by atoms with Crippen molar-refractivity contribution in [3.8, 4) is 5.75 Å². The van der Waals surface area contributed by atoms with E-state index in [1.165, 1.54) is 11.8 Å². The molecule has 4 heteroatoms. The van der Waals surface area contributed by atoms with E-state index in [-0.39, 0.29) is 12.2 Å². The number of phenolic OH excluding ortho intramolecular Hbond substituents is 1. The van der Waals surface area contributed by atoms with E-state index >= 15 is 0 Å². The molecule has 1 nitrogen and oxygen atoms in total. The Morgan fingerprint density at radius 3 is 2.57 bits per heavy atom. The van der Waals surface area contributed by atoms with Crippen LogP contribution < -0.4 is 0 Å². The maximum atomic E-state index is 12.4. The summed E-state index contributed by atoms with van der Waals surface area (Å²) in [4.78, 5) is 0.650. The lowest BCUT2D eigenvalue weighted by molar-refractivity contribution is 0.0194. The molecule has 0 unspecified atom stereocenters. The van der Waals surface area contributed by atoms with Crippen LogP contribution in [0.5, 0.6) is 5.75 Å². The second-order valence-corrected chi connectivity index (χ2v) is 4.27. The highest BCUT2D eigenvalue weighted by Gasteiger charge is 2.20. The molecule has 0 spiro atoms. The van der Waals surface area contributed by atoms with Crippen molar-refractivity contribution in [3.05, 3.63) is 24.3 Å². The lowest BCUT2D eigenvalue weighted by Gasteiger charge is -2.09. The van der Waals surface area contributed by atoms with E-state index in [9.17, 15) is 13.9 Å². The maximum Gasteiger partial charge on any atom is 0.246 e. The van der Waals surface area contributed by atoms with Crippen LogP contribution in [0, 0.1) is 0 Å². The molecule has 0 bridgehead atoms. The van der Waals surface area contributed by atoms with Crippen LogP contribution in [0.1, 0.15) is 13.3 Å². The quantitative estimate of drug-likeness (QED) is 0.780. The van der Waals surface area contributed by atoms with E-state index in [1.807, 2.05) is 0 Å². The van der Waals surface area contributed by atoms with E-state index < -0.39 is 5.92 Å². The number of phenols is 1. The zero-order chi connectivity index (χ0) is 10.6. The molecule has 1 rings (SSSR count). The molecule has 0 radical (unpaired) electrons. The minimum atomic E-state index is -2.63. The Morgan fingerprint density at radius 1 is 1.36 bits per heavy atom. The van der Waals surface area contributed by atoms with Gasteiger partial charge in [0.25, 0.3) is 0 Å². The van der Waals surface area contributed by atoms with Gasteiger partial charge >= 0.3 is 0 Å². The average Bonchev–Trinajstić information content (AvgIpc) is 2.06. The first-order valence-corrected chi connectivity index (χ1v) is 5.26. The standard InChI is InChI=1S/C10H12F2OS/c1-10(11,12)6-7-14-9-5-3-2-4-8(9)13/h2-5,13H,6-7H2,1H3. The summed E-state index contributed by atoms with van der Waals surface area (Å²) in [5.74, 6) is -2.17. The normalized spacial score (nSPS) is 11.6. The molecule has 0 heterocycles. The highest BCUT2D eigenvalue weighted by Crippen LogP contribution is 2.30. The molecule has 0 saturated heterocycles. The number of benzene rings is 1. The molecule has 0 saturated carbocycles. The fraction of sp³-hybridized carbons (Fsp3) is 0.400. The SMILES string of the molecule is CC(F)(F)CCSc1ccccc1O. The molecular formula is C10H12F2OS. The van der Waals surface area contributed by atoms with Crippen molar-refractivity contribution in [3.63, 3.8) is 0 Å². The maximum absolute atomic E-state index is 12.4. The van der Waals surface area contributed by atoms with Gasteiger partial charge in [0.2, 0.25) is 5.92 Å². The fourth-order valence-corrected chi connectivity index (χ4v) is 1.99. The van der Waals surface area contributed by atoms with E-state index in [2.05, 4.69) is 0 Å². The molecule has 1 N–H and O–H groups in total. The van der Waals surface area contributed by atoms with Gasteiger partial charge in [0.15, 0.2) is 0 Å². The lowest BCUT2D eigenvalue weighted by Crippen LogP contribution is -2.10. The van der Waals surface area contributed by atoms with Crippen molar-refractivity contribution in [1.29, 1.82) is 0 Å². The van der Waals surface area contributed by atoms with Crippen LogP contribution in [0.3, 0.4) is 0 Å². The summed E-state index contributed by atoms with van der Waals surface area (Å²) >= 11 is 1.24. The molecular weight excluding hydrogens is 206 g/mol. The van der Waals surface area contributed by atoms with Gasteiger partial charge in [-0.3, -0.25) is 0 Å². The number of hydrogen-bond donors (Lipinski definition) is 1. The highest BCUT2D eigenvalue weighted by atomic mass is 32.2. The van der Waals surface area contributed by atoms with Gasteiger partial charge in [-0.1, -0.05) is 12.1 Å². The third-order valence-corrected chi connectivity index (χ3v) is 2.73. The Balaban J connectivity index is 2.43. The first kappa shape index (κ1) is 11.3. The molecule has 0 aliphatic heterocycles. The summed E-state index contributed by atoms with van der Waals surface area (Å²) < 4.78 is 24.9. The minimum Gasteiger partial charge on any atom is -0.507 e. The molecule has 14 heavy (non-hydrogen) atoms. The summed E-state index contributed by atoms with van der Waals surface area (Å²) in [6, 6.07) is 6.74. The minimum absolute atomic E-state index is 0.150. The van der Waals surface area contributed by atoms with Crippen LogP contribution in [-0.2, 0) is 0 Å². The van der Waals surface area contributed by atoms with Crippen molar-refractivity contribution in [1.82, 2.24) is 0 Å². The zero-order valence-corrected chi connectivity index (χ0v) is 8.65. The van der Waals surface area contributed by atoms with Crippen LogP contribution in [0.4, 0.5) is 8.78 Å². The van der Waals surface area contributed by atoms with Crippen molar-refractivity contribution in [2.24, 2.45) is 0 Å². The van der Waals surface area contributed by atoms with Gasteiger partial charge in [0.05, 0.1) is 0 Å². The molecule has 0 atom stereocenters. The Morgan fingerprint density at radius 2 is 2.00 bits per heavy atom. The average molecular weight is 218 g/mol. The van der Waals surface area contributed by atoms with Gasteiger partial charge in [-0.2, -0.15) is 0 Å². The third-order valence-electron chi connectivity index (χ3n) is 1.66. The third kappa shape index (κ3) is 3.96. The smallest absolute Gasteiger partial charge is 0.246 e. The topological polar surface area (TPSA) is 20.2 Å². The number of halogens is 2. The second-order valence-electron chi connectivity index (χ2n) is 3.14.